The molecule has 0 amide bonds. The summed E-state index contributed by atoms with van der Waals surface area (Å²) in [5, 5.41) is 6.11. The fourth-order valence-corrected chi connectivity index (χ4v) is 10.8. The molecule has 0 aliphatic heterocycles. The number of sulfonamides is 1. The maximum atomic E-state index is 11.5. The van der Waals surface area contributed by atoms with Crippen LogP contribution in [0.1, 0.15) is 41.5 Å². The Morgan fingerprint density at radius 2 is 1.54 bits per heavy atom. The molecule has 24 heavy (non-hydrogen) atoms. The van der Waals surface area contributed by atoms with Gasteiger partial charge in [0.2, 0.25) is 10.0 Å². The van der Waals surface area contributed by atoms with Crippen molar-refractivity contribution in [1.82, 2.24) is 0 Å². The van der Waals surface area contributed by atoms with Crippen molar-refractivity contribution in [2.75, 3.05) is 0 Å². The second-order valence-corrected chi connectivity index (χ2v) is 15.5. The van der Waals surface area contributed by atoms with E-state index in [2.05, 4.69) is 41.5 Å². The highest BCUT2D eigenvalue weighted by Gasteiger charge is 2.47. The number of thiophene rings is 1. The Hall–Kier alpha value is -0.893. The summed E-state index contributed by atoms with van der Waals surface area (Å²) in [5.41, 5.74) is 1.45. The van der Waals surface area contributed by atoms with Gasteiger partial charge >= 0.3 is 0 Å². The van der Waals surface area contributed by atoms with Gasteiger partial charge in [-0.15, -0.1) is 11.3 Å². The van der Waals surface area contributed by atoms with Gasteiger partial charge in [0.05, 0.1) is 0 Å². The van der Waals surface area contributed by atoms with Crippen LogP contribution < -0.4 is 9.56 Å². The third-order valence-corrected chi connectivity index (χ3v) is 13.3. The number of primary sulfonamides is 1. The molecule has 0 fully saturated rings. The zero-order chi connectivity index (χ0) is 18.3. The first-order valence-corrected chi connectivity index (χ1v) is 12.7. The van der Waals surface area contributed by atoms with Crippen LogP contribution in [-0.2, 0) is 10.0 Å². The third kappa shape index (κ3) is 3.54. The van der Waals surface area contributed by atoms with Gasteiger partial charge in [0.25, 0.3) is 8.32 Å². The minimum absolute atomic E-state index is 0.190. The van der Waals surface area contributed by atoms with Gasteiger partial charge in [0, 0.05) is 4.70 Å². The fourth-order valence-electron chi connectivity index (χ4n) is 3.75. The van der Waals surface area contributed by atoms with Crippen LogP contribution in [0.3, 0.4) is 0 Å². The van der Waals surface area contributed by atoms with E-state index in [1.165, 1.54) is 11.3 Å². The normalized spacial score (nSPS) is 13.4. The van der Waals surface area contributed by atoms with Crippen LogP contribution >= 0.6 is 11.3 Å². The van der Waals surface area contributed by atoms with Crippen molar-refractivity contribution in [1.29, 1.82) is 0 Å². The topological polar surface area (TPSA) is 69.4 Å². The van der Waals surface area contributed by atoms with Crippen molar-refractivity contribution < 1.29 is 12.8 Å². The van der Waals surface area contributed by atoms with Crippen LogP contribution in [0.25, 0.3) is 10.1 Å². The fraction of sp³-hybridized carbons (Fsp3) is 0.529. The standard InChI is InChI=1S/C17H27NO3S2Si/c1-11(2)24(12(3)4,13(5)6)21-15-8-7-14-9-17(23(18,19)20)22-16(14)10-15/h7-13H,1-6H3,(H2,18,19,20). The summed E-state index contributed by atoms with van der Waals surface area (Å²) in [7, 11) is -5.69. The molecule has 0 saturated carbocycles. The van der Waals surface area contributed by atoms with E-state index in [-0.39, 0.29) is 4.21 Å². The molecule has 0 aliphatic rings. The van der Waals surface area contributed by atoms with Crippen LogP contribution in [0, 0.1) is 0 Å². The highest BCUT2D eigenvalue weighted by Crippen LogP contribution is 2.43. The zero-order valence-corrected chi connectivity index (χ0v) is 17.8. The maximum absolute atomic E-state index is 11.5. The second-order valence-electron chi connectivity index (χ2n) is 7.23. The van der Waals surface area contributed by atoms with Crippen molar-refractivity contribution >= 4 is 39.8 Å². The highest BCUT2D eigenvalue weighted by molar-refractivity contribution is 7.91. The van der Waals surface area contributed by atoms with Crippen molar-refractivity contribution in [2.24, 2.45) is 5.14 Å². The summed E-state index contributed by atoms with van der Waals surface area (Å²) in [5.74, 6) is 0.827. The molecule has 0 saturated heterocycles. The van der Waals surface area contributed by atoms with Crippen molar-refractivity contribution in [3.63, 3.8) is 0 Å². The van der Waals surface area contributed by atoms with Crippen LogP contribution in [0.2, 0.25) is 16.6 Å². The Labute approximate surface area is 150 Å². The van der Waals surface area contributed by atoms with Gasteiger partial charge in [-0.05, 0) is 46.3 Å². The van der Waals surface area contributed by atoms with E-state index in [4.69, 9.17) is 9.56 Å². The average molecular weight is 386 g/mol. The molecular weight excluding hydrogens is 358 g/mol. The van der Waals surface area contributed by atoms with Crippen LogP contribution in [0.5, 0.6) is 5.75 Å². The Balaban J connectivity index is 2.48. The molecule has 2 rings (SSSR count). The predicted octanol–water partition coefficient (Wildman–Crippen LogP) is 5.10. The molecule has 0 bridgehead atoms. The molecule has 2 aromatic rings. The Bertz CT molecular complexity index is 804. The van der Waals surface area contributed by atoms with E-state index in [0.29, 0.717) is 16.6 Å². The molecule has 0 unspecified atom stereocenters. The first kappa shape index (κ1) is 19.4. The smallest absolute Gasteiger partial charge is 0.258 e. The van der Waals surface area contributed by atoms with Crippen molar-refractivity contribution in [2.45, 2.75) is 62.4 Å². The van der Waals surface area contributed by atoms with Gasteiger partial charge in [-0.3, -0.25) is 0 Å². The lowest BCUT2D eigenvalue weighted by Gasteiger charge is -2.42. The number of benzene rings is 1. The molecule has 1 aromatic carbocycles. The SMILES string of the molecule is CC(C)[Si](Oc1ccc2cc(S(N)(=O)=O)sc2c1)(C(C)C)C(C)C. The summed E-state index contributed by atoms with van der Waals surface area (Å²) in [6.45, 7) is 13.5. The number of rotatable bonds is 6. The lowest BCUT2D eigenvalue weighted by atomic mass is 10.2. The summed E-state index contributed by atoms with van der Waals surface area (Å²) in [6, 6.07) is 7.42. The number of hydrogen-bond donors (Lipinski definition) is 1. The van der Waals surface area contributed by atoms with E-state index in [0.717, 1.165) is 15.8 Å². The molecule has 1 heterocycles. The number of fused-ring (bicyclic) bond motifs is 1. The zero-order valence-electron chi connectivity index (χ0n) is 15.2. The quantitative estimate of drug-likeness (QED) is 0.703. The molecule has 4 nitrogen and oxygen atoms in total. The van der Waals surface area contributed by atoms with Crippen molar-refractivity contribution in [3.8, 4) is 5.75 Å². The summed E-state index contributed by atoms with van der Waals surface area (Å²) >= 11 is 1.19. The van der Waals surface area contributed by atoms with Gasteiger partial charge in [0.15, 0.2) is 0 Å². The first-order valence-electron chi connectivity index (χ1n) is 8.24. The van der Waals surface area contributed by atoms with E-state index in [1.807, 2.05) is 18.2 Å². The first-order chi connectivity index (χ1) is 11.0. The van der Waals surface area contributed by atoms with E-state index >= 15 is 0 Å². The van der Waals surface area contributed by atoms with E-state index in [1.54, 1.807) is 6.07 Å². The summed E-state index contributed by atoms with van der Waals surface area (Å²) in [6.07, 6.45) is 0. The Kier molecular flexibility index (Phi) is 5.49. The Morgan fingerprint density at radius 3 is 2.00 bits per heavy atom. The minimum atomic E-state index is -3.67. The predicted molar refractivity (Wildman–Crippen MR) is 105 cm³/mol. The lowest BCUT2D eigenvalue weighted by Crippen LogP contribution is -2.50. The van der Waals surface area contributed by atoms with E-state index < -0.39 is 18.3 Å². The van der Waals surface area contributed by atoms with Gasteiger partial charge in [0.1, 0.15) is 9.96 Å². The van der Waals surface area contributed by atoms with Crippen LogP contribution in [0.15, 0.2) is 28.5 Å². The molecule has 134 valence electrons. The van der Waals surface area contributed by atoms with Gasteiger partial charge in [-0.25, -0.2) is 13.6 Å². The lowest BCUT2D eigenvalue weighted by molar-refractivity contribution is 0.480. The van der Waals surface area contributed by atoms with Gasteiger partial charge in [-0.1, -0.05) is 41.5 Å². The maximum Gasteiger partial charge on any atom is 0.258 e. The van der Waals surface area contributed by atoms with Crippen LogP contribution in [-0.4, -0.2) is 16.7 Å². The minimum Gasteiger partial charge on any atom is -0.543 e. The highest BCUT2D eigenvalue weighted by atomic mass is 32.2. The average Bonchev–Trinajstić information content (AvgIpc) is 2.86. The molecule has 0 radical (unpaired) electrons. The van der Waals surface area contributed by atoms with Gasteiger partial charge in [-0.2, -0.15) is 0 Å². The summed E-state index contributed by atoms with van der Waals surface area (Å²) in [4.78, 5) is 0. The number of nitrogens with two attached hydrogens (primary N) is 1. The summed E-state index contributed by atoms with van der Waals surface area (Å²) < 4.78 is 30.8. The van der Waals surface area contributed by atoms with Crippen molar-refractivity contribution in [3.05, 3.63) is 24.3 Å². The largest absolute Gasteiger partial charge is 0.543 e. The third-order valence-electron chi connectivity index (χ3n) is 4.75. The molecule has 0 aliphatic carbocycles. The monoisotopic (exact) mass is 385 g/mol. The van der Waals surface area contributed by atoms with E-state index in [9.17, 15) is 8.42 Å². The molecule has 1 aromatic heterocycles. The molecular formula is C17H27NO3S2Si. The molecule has 2 N–H and O–H groups in total. The number of hydrogen-bond acceptors (Lipinski definition) is 4. The molecule has 0 spiro atoms. The van der Waals surface area contributed by atoms with Crippen LogP contribution in [0.4, 0.5) is 0 Å². The van der Waals surface area contributed by atoms with Gasteiger partial charge < -0.3 is 4.43 Å². The molecule has 7 heteroatoms. The Morgan fingerprint density at radius 1 is 1.00 bits per heavy atom. The second kappa shape index (κ2) is 6.78. The molecule has 0 atom stereocenters.